The van der Waals surface area contributed by atoms with Gasteiger partial charge in [-0.3, -0.25) is 18.9 Å². The highest BCUT2D eigenvalue weighted by Crippen LogP contribution is 2.31. The Labute approximate surface area is 176 Å². The molecule has 0 unspecified atom stereocenters. The van der Waals surface area contributed by atoms with Gasteiger partial charge in [-0.1, -0.05) is 56.2 Å². The molecule has 0 aliphatic heterocycles. The topological polar surface area (TPSA) is 76.6 Å². The van der Waals surface area contributed by atoms with E-state index in [9.17, 15) is 14.7 Å². The van der Waals surface area contributed by atoms with Crippen LogP contribution in [0.4, 0.5) is 5.69 Å². The van der Waals surface area contributed by atoms with Crippen LogP contribution in [0.3, 0.4) is 0 Å². The van der Waals surface area contributed by atoms with E-state index in [2.05, 4.69) is 4.99 Å². The second kappa shape index (κ2) is 9.02. The summed E-state index contributed by atoms with van der Waals surface area (Å²) in [5.74, 6) is -0.236. The van der Waals surface area contributed by atoms with Gasteiger partial charge in [-0.15, -0.1) is 0 Å². The van der Waals surface area contributed by atoms with Gasteiger partial charge in [-0.2, -0.15) is 0 Å². The van der Waals surface area contributed by atoms with E-state index >= 15 is 0 Å². The zero-order chi connectivity index (χ0) is 21.1. The molecule has 6 heteroatoms. The van der Waals surface area contributed by atoms with Crippen molar-refractivity contribution in [1.82, 2.24) is 9.13 Å². The molecule has 4 rings (SSSR count). The van der Waals surface area contributed by atoms with Crippen LogP contribution < -0.4 is 11.2 Å². The maximum atomic E-state index is 13.4. The molecule has 1 aromatic carbocycles. The van der Waals surface area contributed by atoms with Crippen molar-refractivity contribution in [2.75, 3.05) is 0 Å². The predicted octanol–water partition coefficient (Wildman–Crippen LogP) is 4.79. The lowest BCUT2D eigenvalue weighted by molar-refractivity contribution is 0.271. The summed E-state index contributed by atoms with van der Waals surface area (Å²) < 4.78 is 2.88. The van der Waals surface area contributed by atoms with E-state index in [1.54, 1.807) is 0 Å². The van der Waals surface area contributed by atoms with Gasteiger partial charge in [0, 0.05) is 18.3 Å². The Balaban J connectivity index is 1.84. The maximum absolute atomic E-state index is 13.4. The first-order chi connectivity index (χ1) is 14.6. The Bertz CT molecular complexity index is 1020. The third-order valence-corrected chi connectivity index (χ3v) is 6.59. The van der Waals surface area contributed by atoms with Crippen molar-refractivity contribution in [1.29, 1.82) is 0 Å². The molecule has 0 saturated heterocycles. The van der Waals surface area contributed by atoms with Gasteiger partial charge in [0.25, 0.3) is 5.56 Å². The summed E-state index contributed by atoms with van der Waals surface area (Å²) in [5.41, 5.74) is 1.17. The molecule has 6 nitrogen and oxygen atoms in total. The van der Waals surface area contributed by atoms with Crippen molar-refractivity contribution < 1.29 is 5.11 Å². The van der Waals surface area contributed by atoms with Crippen LogP contribution in [0.25, 0.3) is 0 Å². The van der Waals surface area contributed by atoms with Crippen molar-refractivity contribution in [3.8, 4) is 5.88 Å². The highest BCUT2D eigenvalue weighted by molar-refractivity contribution is 5.84. The molecule has 30 heavy (non-hydrogen) atoms. The molecule has 0 amide bonds. The smallest absolute Gasteiger partial charge is 0.334 e. The minimum absolute atomic E-state index is 0.0618. The number of hydrogen-bond acceptors (Lipinski definition) is 4. The summed E-state index contributed by atoms with van der Waals surface area (Å²) in [6.45, 7) is 2.00. The minimum Gasteiger partial charge on any atom is -0.494 e. The summed E-state index contributed by atoms with van der Waals surface area (Å²) in [4.78, 5) is 31.1. The molecule has 2 aromatic rings. The fourth-order valence-corrected chi connectivity index (χ4v) is 4.86. The first-order valence-corrected chi connectivity index (χ1v) is 11.3. The summed E-state index contributed by atoms with van der Waals surface area (Å²) >= 11 is 0. The van der Waals surface area contributed by atoms with Gasteiger partial charge >= 0.3 is 5.69 Å². The van der Waals surface area contributed by atoms with Crippen molar-refractivity contribution in [2.45, 2.75) is 83.2 Å². The highest BCUT2D eigenvalue weighted by Gasteiger charge is 2.28. The Kier molecular flexibility index (Phi) is 6.21. The first kappa shape index (κ1) is 20.6. The van der Waals surface area contributed by atoms with E-state index < -0.39 is 5.56 Å². The van der Waals surface area contributed by atoms with Crippen molar-refractivity contribution >= 4 is 11.9 Å². The van der Waals surface area contributed by atoms with Gasteiger partial charge in [0.1, 0.15) is 5.56 Å². The highest BCUT2D eigenvalue weighted by atomic mass is 16.3. The number of hydrogen-bond donors (Lipinski definition) is 1. The van der Waals surface area contributed by atoms with Crippen LogP contribution >= 0.6 is 0 Å². The standard InChI is InChI=1S/C24H31N3O3/c1-17-12-14-18(15-13-17)25-16-21-22(28)26(19-8-4-2-5-9-19)24(30)27(23(21)29)20-10-6-3-7-11-20/h12-16,19-20,28H,2-11H2,1H3. The van der Waals surface area contributed by atoms with Crippen molar-refractivity contribution in [2.24, 2.45) is 4.99 Å². The van der Waals surface area contributed by atoms with E-state index in [1.165, 1.54) is 15.3 Å². The van der Waals surface area contributed by atoms with Gasteiger partial charge in [-0.25, -0.2) is 4.79 Å². The molecule has 0 atom stereocenters. The van der Waals surface area contributed by atoms with Crippen LogP contribution in [0.15, 0.2) is 38.8 Å². The largest absolute Gasteiger partial charge is 0.494 e. The SMILES string of the molecule is Cc1ccc(N=Cc2c(O)n(C3CCCCC3)c(=O)n(C3CCCCC3)c2=O)cc1. The Morgan fingerprint density at radius 1 is 0.867 bits per heavy atom. The van der Waals surface area contributed by atoms with Crippen LogP contribution in [0.1, 0.15) is 87.4 Å². The summed E-state index contributed by atoms with van der Waals surface area (Å²) in [5, 5.41) is 11.0. The average molecular weight is 410 g/mol. The number of aromatic hydroxyl groups is 1. The number of aromatic nitrogens is 2. The number of aliphatic imine (C=N–C) groups is 1. The third kappa shape index (κ3) is 4.13. The second-order valence-corrected chi connectivity index (χ2v) is 8.74. The number of nitrogens with zero attached hydrogens (tertiary/aromatic N) is 3. The number of benzene rings is 1. The van der Waals surface area contributed by atoms with Crippen LogP contribution in [-0.4, -0.2) is 20.5 Å². The van der Waals surface area contributed by atoms with Gasteiger partial charge in [0.15, 0.2) is 0 Å². The number of aryl methyl sites for hydroxylation is 1. The van der Waals surface area contributed by atoms with Crippen LogP contribution in [0, 0.1) is 6.92 Å². The Hall–Kier alpha value is -2.63. The zero-order valence-electron chi connectivity index (χ0n) is 17.7. The lowest BCUT2D eigenvalue weighted by Crippen LogP contribution is -2.45. The van der Waals surface area contributed by atoms with Gasteiger partial charge < -0.3 is 5.11 Å². The fourth-order valence-electron chi connectivity index (χ4n) is 4.86. The molecule has 2 aliphatic carbocycles. The second-order valence-electron chi connectivity index (χ2n) is 8.74. The summed E-state index contributed by atoms with van der Waals surface area (Å²) in [6.07, 6.45) is 11.2. The van der Waals surface area contributed by atoms with Gasteiger partial charge in [0.05, 0.1) is 5.69 Å². The molecule has 1 heterocycles. The molecular formula is C24H31N3O3. The molecule has 1 N–H and O–H groups in total. The van der Waals surface area contributed by atoms with E-state index in [0.29, 0.717) is 5.69 Å². The molecule has 2 saturated carbocycles. The lowest BCUT2D eigenvalue weighted by Gasteiger charge is -2.29. The Morgan fingerprint density at radius 2 is 1.40 bits per heavy atom. The molecule has 0 bridgehead atoms. The van der Waals surface area contributed by atoms with Crippen molar-refractivity contribution in [3.63, 3.8) is 0 Å². The first-order valence-electron chi connectivity index (χ1n) is 11.3. The van der Waals surface area contributed by atoms with Gasteiger partial charge in [-0.05, 0) is 44.7 Å². The Morgan fingerprint density at radius 3 is 1.97 bits per heavy atom. The average Bonchev–Trinajstić information content (AvgIpc) is 2.76. The molecule has 0 radical (unpaired) electrons. The maximum Gasteiger partial charge on any atom is 0.334 e. The molecule has 1 aromatic heterocycles. The van der Waals surface area contributed by atoms with Crippen LogP contribution in [0.5, 0.6) is 5.88 Å². The summed E-state index contributed by atoms with van der Waals surface area (Å²) in [6, 6.07) is 7.50. The number of rotatable bonds is 4. The summed E-state index contributed by atoms with van der Waals surface area (Å²) in [7, 11) is 0. The van der Waals surface area contributed by atoms with E-state index in [1.807, 2.05) is 31.2 Å². The van der Waals surface area contributed by atoms with Crippen LogP contribution in [-0.2, 0) is 0 Å². The quantitative estimate of drug-likeness (QED) is 0.738. The lowest BCUT2D eigenvalue weighted by atomic mass is 9.94. The van der Waals surface area contributed by atoms with Gasteiger partial charge in [0.2, 0.25) is 5.88 Å². The monoisotopic (exact) mass is 409 g/mol. The normalized spacial score (nSPS) is 18.8. The third-order valence-electron chi connectivity index (χ3n) is 6.59. The molecule has 2 fully saturated rings. The minimum atomic E-state index is -0.424. The van der Waals surface area contributed by atoms with Crippen LogP contribution in [0.2, 0.25) is 0 Å². The molecule has 160 valence electrons. The molecular weight excluding hydrogens is 378 g/mol. The van der Waals surface area contributed by atoms with Crippen molar-refractivity contribution in [3.05, 3.63) is 56.2 Å². The van der Waals surface area contributed by atoms with E-state index in [-0.39, 0.29) is 29.2 Å². The van der Waals surface area contributed by atoms with E-state index in [4.69, 9.17) is 0 Å². The van der Waals surface area contributed by atoms with E-state index in [0.717, 1.165) is 69.8 Å². The fraction of sp³-hybridized carbons (Fsp3) is 0.542. The molecule has 2 aliphatic rings. The predicted molar refractivity (Wildman–Crippen MR) is 119 cm³/mol. The molecule has 0 spiro atoms. The zero-order valence-corrected chi connectivity index (χ0v) is 17.7.